The summed E-state index contributed by atoms with van der Waals surface area (Å²) in [4.78, 5) is 25.7. The van der Waals surface area contributed by atoms with Crippen LogP contribution < -0.4 is 5.32 Å². The van der Waals surface area contributed by atoms with Crippen LogP contribution in [0.25, 0.3) is 0 Å². The van der Waals surface area contributed by atoms with Crippen LogP contribution in [0.3, 0.4) is 0 Å². The maximum absolute atomic E-state index is 12.2. The summed E-state index contributed by atoms with van der Waals surface area (Å²) in [5.41, 5.74) is 2.79. The maximum Gasteiger partial charge on any atom is 0.244 e. The van der Waals surface area contributed by atoms with E-state index in [1.54, 1.807) is 13.1 Å². The van der Waals surface area contributed by atoms with Crippen LogP contribution in [0.5, 0.6) is 0 Å². The third kappa shape index (κ3) is 5.21. The standard InChI is InChI=1S/C18H19BrN2O2/c1-13-7-9-14(10-8-13)11-18(23)21(2)12-17(22)20-16-6-4-3-5-15(16)19/h3-10H,11-12H2,1-2H3,(H,20,22). The minimum atomic E-state index is -0.225. The number of nitrogens with zero attached hydrogens (tertiary/aromatic N) is 1. The van der Waals surface area contributed by atoms with Gasteiger partial charge in [0.15, 0.2) is 0 Å². The van der Waals surface area contributed by atoms with E-state index in [1.165, 1.54) is 4.90 Å². The number of aryl methyl sites for hydroxylation is 1. The number of carbonyl (C=O) groups is 2. The van der Waals surface area contributed by atoms with Crippen LogP contribution in [-0.4, -0.2) is 30.3 Å². The summed E-state index contributed by atoms with van der Waals surface area (Å²) < 4.78 is 0.807. The highest BCUT2D eigenvalue weighted by Gasteiger charge is 2.14. The second-order valence-electron chi connectivity index (χ2n) is 5.44. The fourth-order valence-electron chi connectivity index (χ4n) is 2.07. The molecule has 0 aliphatic rings. The molecule has 0 bridgehead atoms. The van der Waals surface area contributed by atoms with Gasteiger partial charge in [-0.15, -0.1) is 0 Å². The molecule has 2 aromatic rings. The zero-order valence-electron chi connectivity index (χ0n) is 13.2. The van der Waals surface area contributed by atoms with Crippen LogP contribution in [0.4, 0.5) is 5.69 Å². The number of hydrogen-bond acceptors (Lipinski definition) is 2. The second kappa shape index (κ2) is 7.92. The van der Waals surface area contributed by atoms with Crippen molar-refractivity contribution in [3.63, 3.8) is 0 Å². The molecule has 0 spiro atoms. The number of anilines is 1. The van der Waals surface area contributed by atoms with Gasteiger partial charge in [0.1, 0.15) is 0 Å². The van der Waals surface area contributed by atoms with E-state index in [4.69, 9.17) is 0 Å². The molecule has 0 unspecified atom stereocenters. The van der Waals surface area contributed by atoms with E-state index < -0.39 is 0 Å². The lowest BCUT2D eigenvalue weighted by Crippen LogP contribution is -2.35. The quantitative estimate of drug-likeness (QED) is 0.871. The van der Waals surface area contributed by atoms with Crippen molar-refractivity contribution in [1.82, 2.24) is 4.90 Å². The molecule has 5 heteroatoms. The SMILES string of the molecule is Cc1ccc(CC(=O)N(C)CC(=O)Nc2ccccc2Br)cc1. The third-order valence-electron chi connectivity index (χ3n) is 3.43. The molecule has 0 fully saturated rings. The third-order valence-corrected chi connectivity index (χ3v) is 4.12. The summed E-state index contributed by atoms with van der Waals surface area (Å²) in [6.07, 6.45) is 0.291. The fourth-order valence-corrected chi connectivity index (χ4v) is 2.46. The lowest BCUT2D eigenvalue weighted by molar-refractivity contribution is -0.132. The number of amides is 2. The Morgan fingerprint density at radius 2 is 1.74 bits per heavy atom. The molecule has 1 N–H and O–H groups in total. The van der Waals surface area contributed by atoms with Gasteiger partial charge in [-0.25, -0.2) is 0 Å². The van der Waals surface area contributed by atoms with Crippen LogP contribution in [-0.2, 0) is 16.0 Å². The molecule has 120 valence electrons. The van der Waals surface area contributed by atoms with Gasteiger partial charge in [-0.1, -0.05) is 42.0 Å². The number of likely N-dealkylation sites (N-methyl/N-ethyl adjacent to an activating group) is 1. The Morgan fingerprint density at radius 3 is 2.39 bits per heavy atom. The van der Waals surface area contributed by atoms with Crippen LogP contribution >= 0.6 is 15.9 Å². The van der Waals surface area contributed by atoms with E-state index >= 15 is 0 Å². The van der Waals surface area contributed by atoms with Gasteiger partial charge in [0.2, 0.25) is 11.8 Å². The zero-order valence-corrected chi connectivity index (χ0v) is 14.8. The Hall–Kier alpha value is -2.14. The van der Waals surface area contributed by atoms with Crippen molar-refractivity contribution in [2.75, 3.05) is 18.9 Å². The van der Waals surface area contributed by atoms with Gasteiger partial charge in [-0.05, 0) is 40.5 Å². The number of carbonyl (C=O) groups excluding carboxylic acids is 2. The molecule has 2 rings (SSSR count). The molecule has 0 saturated carbocycles. The average molecular weight is 375 g/mol. The number of nitrogens with one attached hydrogen (secondary N) is 1. The van der Waals surface area contributed by atoms with Crippen molar-refractivity contribution in [2.24, 2.45) is 0 Å². The largest absolute Gasteiger partial charge is 0.336 e. The molecule has 2 aromatic carbocycles. The normalized spacial score (nSPS) is 10.2. The zero-order chi connectivity index (χ0) is 16.8. The smallest absolute Gasteiger partial charge is 0.244 e. The van der Waals surface area contributed by atoms with E-state index in [0.717, 1.165) is 15.6 Å². The lowest BCUT2D eigenvalue weighted by Gasteiger charge is -2.17. The number of hydrogen-bond donors (Lipinski definition) is 1. The van der Waals surface area contributed by atoms with E-state index in [-0.39, 0.29) is 18.4 Å². The maximum atomic E-state index is 12.2. The summed E-state index contributed by atoms with van der Waals surface area (Å²) >= 11 is 3.37. The summed E-state index contributed by atoms with van der Waals surface area (Å²) in [5, 5.41) is 2.79. The monoisotopic (exact) mass is 374 g/mol. The van der Waals surface area contributed by atoms with Gasteiger partial charge in [-0.3, -0.25) is 9.59 Å². The van der Waals surface area contributed by atoms with Gasteiger partial charge in [0.25, 0.3) is 0 Å². The first kappa shape index (κ1) is 17.2. The summed E-state index contributed by atoms with van der Waals surface area (Å²) in [7, 11) is 1.64. The number of halogens is 1. The summed E-state index contributed by atoms with van der Waals surface area (Å²) in [6.45, 7) is 2.02. The van der Waals surface area contributed by atoms with E-state index in [1.807, 2.05) is 49.4 Å². The minimum absolute atomic E-state index is 0.0199. The number of rotatable bonds is 5. The first-order chi connectivity index (χ1) is 11.0. The molecule has 4 nitrogen and oxygen atoms in total. The van der Waals surface area contributed by atoms with Gasteiger partial charge in [0.05, 0.1) is 18.7 Å². The van der Waals surface area contributed by atoms with Crippen LogP contribution in [0.2, 0.25) is 0 Å². The van der Waals surface area contributed by atoms with E-state index in [0.29, 0.717) is 12.1 Å². The molecule has 2 amide bonds. The topological polar surface area (TPSA) is 49.4 Å². The number of para-hydroxylation sites is 1. The van der Waals surface area contributed by atoms with E-state index in [2.05, 4.69) is 21.2 Å². The Balaban J connectivity index is 1.89. The van der Waals surface area contributed by atoms with Gasteiger partial charge < -0.3 is 10.2 Å². The summed E-state index contributed by atoms with van der Waals surface area (Å²) in [6, 6.07) is 15.2. The van der Waals surface area contributed by atoms with Crippen LogP contribution in [0.1, 0.15) is 11.1 Å². The van der Waals surface area contributed by atoms with Gasteiger partial charge >= 0.3 is 0 Å². The molecular weight excluding hydrogens is 356 g/mol. The van der Waals surface area contributed by atoms with E-state index in [9.17, 15) is 9.59 Å². The van der Waals surface area contributed by atoms with Crippen LogP contribution in [0.15, 0.2) is 53.0 Å². The Labute approximate surface area is 144 Å². The highest BCUT2D eigenvalue weighted by Crippen LogP contribution is 2.20. The van der Waals surface area contributed by atoms with Crippen LogP contribution in [0, 0.1) is 6.92 Å². The highest BCUT2D eigenvalue weighted by molar-refractivity contribution is 9.10. The molecule has 0 aromatic heterocycles. The second-order valence-corrected chi connectivity index (χ2v) is 6.29. The molecule has 0 saturated heterocycles. The Bertz CT molecular complexity index is 698. The van der Waals surface area contributed by atoms with Gasteiger partial charge in [0, 0.05) is 11.5 Å². The molecule has 0 aliphatic carbocycles. The van der Waals surface area contributed by atoms with Crippen molar-refractivity contribution in [2.45, 2.75) is 13.3 Å². The van der Waals surface area contributed by atoms with Crippen molar-refractivity contribution in [1.29, 1.82) is 0 Å². The van der Waals surface area contributed by atoms with Crippen molar-refractivity contribution >= 4 is 33.4 Å². The summed E-state index contributed by atoms with van der Waals surface area (Å²) in [5.74, 6) is -0.312. The van der Waals surface area contributed by atoms with Gasteiger partial charge in [-0.2, -0.15) is 0 Å². The Morgan fingerprint density at radius 1 is 1.09 bits per heavy atom. The van der Waals surface area contributed by atoms with Crippen molar-refractivity contribution in [3.8, 4) is 0 Å². The van der Waals surface area contributed by atoms with Crippen molar-refractivity contribution < 1.29 is 9.59 Å². The predicted octanol–water partition coefficient (Wildman–Crippen LogP) is 3.40. The molecule has 0 heterocycles. The molecular formula is C18H19BrN2O2. The first-order valence-corrected chi connectivity index (χ1v) is 8.09. The average Bonchev–Trinajstić information content (AvgIpc) is 2.51. The minimum Gasteiger partial charge on any atom is -0.336 e. The Kier molecular flexibility index (Phi) is 5.93. The highest BCUT2D eigenvalue weighted by atomic mass is 79.9. The van der Waals surface area contributed by atoms with Crippen molar-refractivity contribution in [3.05, 3.63) is 64.1 Å². The molecule has 0 radical (unpaired) electrons. The molecule has 0 aliphatic heterocycles. The predicted molar refractivity (Wildman–Crippen MR) is 95.3 cm³/mol. The lowest BCUT2D eigenvalue weighted by atomic mass is 10.1. The first-order valence-electron chi connectivity index (χ1n) is 7.29. The number of benzene rings is 2. The fraction of sp³-hybridized carbons (Fsp3) is 0.222. The molecule has 23 heavy (non-hydrogen) atoms. The molecule has 0 atom stereocenters.